The van der Waals surface area contributed by atoms with Gasteiger partial charge in [-0.25, -0.2) is 0 Å². The number of hydrogen-bond acceptors (Lipinski definition) is 4. The Morgan fingerprint density at radius 2 is 2.05 bits per heavy atom. The summed E-state index contributed by atoms with van der Waals surface area (Å²) >= 11 is 0. The van der Waals surface area contributed by atoms with Crippen LogP contribution in [0.25, 0.3) is 0 Å². The normalized spacial score (nSPS) is 11.9. The van der Waals surface area contributed by atoms with E-state index in [1.165, 1.54) is 5.56 Å². The number of ether oxygens (including phenoxy) is 2. The lowest BCUT2D eigenvalue weighted by atomic mass is 10.0. The molecule has 0 saturated carbocycles. The first-order valence-corrected chi connectivity index (χ1v) is 6.88. The van der Waals surface area contributed by atoms with E-state index in [0.29, 0.717) is 18.9 Å². The molecule has 0 aliphatic heterocycles. The number of methoxy groups -OCH3 is 1. The van der Waals surface area contributed by atoms with Gasteiger partial charge in [0.25, 0.3) is 5.91 Å². The number of carbonyl (C=O) groups excluding carboxylic acids is 1. The molecule has 0 aliphatic rings. The molecular weight excluding hydrogens is 256 g/mol. The summed E-state index contributed by atoms with van der Waals surface area (Å²) in [4.78, 5) is 11.4. The number of nitrogens with two attached hydrogens (primary N) is 1. The van der Waals surface area contributed by atoms with Crippen LogP contribution < -0.4 is 15.8 Å². The molecule has 0 saturated heterocycles. The summed E-state index contributed by atoms with van der Waals surface area (Å²) in [6.07, 6.45) is 1.81. The molecule has 0 heterocycles. The van der Waals surface area contributed by atoms with Crippen molar-refractivity contribution >= 4 is 5.91 Å². The van der Waals surface area contributed by atoms with E-state index in [1.807, 2.05) is 24.3 Å². The number of rotatable bonds is 9. The topological polar surface area (TPSA) is 73.6 Å². The van der Waals surface area contributed by atoms with Crippen molar-refractivity contribution in [2.75, 3.05) is 26.9 Å². The molecule has 0 aromatic heterocycles. The summed E-state index contributed by atoms with van der Waals surface area (Å²) in [5.41, 5.74) is 7.08. The molecule has 5 heteroatoms. The summed E-state index contributed by atoms with van der Waals surface area (Å²) in [5.74, 6) is 0.528. The predicted octanol–water partition coefficient (Wildman–Crippen LogP) is 1.11. The van der Waals surface area contributed by atoms with E-state index in [1.54, 1.807) is 7.11 Å². The zero-order valence-corrected chi connectivity index (χ0v) is 12.2. The number of hydrogen-bond donors (Lipinski definition) is 2. The van der Waals surface area contributed by atoms with Crippen molar-refractivity contribution in [1.82, 2.24) is 5.32 Å². The van der Waals surface area contributed by atoms with Crippen LogP contribution in [-0.2, 0) is 16.0 Å². The van der Waals surface area contributed by atoms with Crippen LogP contribution in [0.3, 0.4) is 0 Å². The molecule has 0 fully saturated rings. The molecule has 1 rings (SSSR count). The molecule has 1 unspecified atom stereocenters. The minimum absolute atomic E-state index is 0.0114. The summed E-state index contributed by atoms with van der Waals surface area (Å²) < 4.78 is 10.2. The fourth-order valence-corrected chi connectivity index (χ4v) is 1.66. The number of benzene rings is 1. The minimum atomic E-state index is -0.154. The summed E-state index contributed by atoms with van der Waals surface area (Å²) in [7, 11) is 1.59. The highest BCUT2D eigenvalue weighted by Gasteiger charge is 2.04. The summed E-state index contributed by atoms with van der Waals surface area (Å²) in [6.45, 7) is 3.08. The van der Waals surface area contributed by atoms with Crippen molar-refractivity contribution in [3.63, 3.8) is 0 Å². The van der Waals surface area contributed by atoms with E-state index in [4.69, 9.17) is 15.2 Å². The second-order valence-electron chi connectivity index (χ2n) is 4.65. The maximum absolute atomic E-state index is 11.4. The Bertz CT molecular complexity index is 393. The average molecular weight is 280 g/mol. The highest BCUT2D eigenvalue weighted by atomic mass is 16.5. The van der Waals surface area contributed by atoms with Crippen molar-refractivity contribution in [3.8, 4) is 5.75 Å². The summed E-state index contributed by atoms with van der Waals surface area (Å²) in [5, 5.41) is 2.69. The van der Waals surface area contributed by atoms with Crippen LogP contribution in [0.5, 0.6) is 5.75 Å². The molecule has 5 nitrogen and oxygen atoms in total. The van der Waals surface area contributed by atoms with Crippen molar-refractivity contribution in [1.29, 1.82) is 0 Å². The highest BCUT2D eigenvalue weighted by Crippen LogP contribution is 2.13. The van der Waals surface area contributed by atoms with Crippen molar-refractivity contribution in [2.45, 2.75) is 25.8 Å². The Kier molecular flexibility index (Phi) is 7.69. The standard InChI is InChI=1S/C15H24N2O3/c1-3-13(16)10-12-4-6-14(7-5-12)20-11-15(18)17-8-9-19-2/h4-7,13H,3,8-11,16H2,1-2H3,(H,17,18). The van der Waals surface area contributed by atoms with Crippen LogP contribution in [0.4, 0.5) is 0 Å². The van der Waals surface area contributed by atoms with Gasteiger partial charge in [-0.3, -0.25) is 4.79 Å². The molecule has 1 aromatic carbocycles. The second kappa shape index (κ2) is 9.34. The molecule has 112 valence electrons. The molecule has 0 radical (unpaired) electrons. The predicted molar refractivity (Wildman–Crippen MR) is 78.8 cm³/mol. The maximum atomic E-state index is 11.4. The van der Waals surface area contributed by atoms with Crippen molar-refractivity contribution in [3.05, 3.63) is 29.8 Å². The van der Waals surface area contributed by atoms with E-state index in [2.05, 4.69) is 12.2 Å². The van der Waals surface area contributed by atoms with Crippen molar-refractivity contribution in [2.24, 2.45) is 5.73 Å². The van der Waals surface area contributed by atoms with Crippen LogP contribution in [0, 0.1) is 0 Å². The van der Waals surface area contributed by atoms with Gasteiger partial charge in [0.15, 0.2) is 6.61 Å². The van der Waals surface area contributed by atoms with E-state index in [0.717, 1.165) is 12.8 Å². The zero-order valence-electron chi connectivity index (χ0n) is 12.2. The molecule has 1 amide bonds. The monoisotopic (exact) mass is 280 g/mol. The van der Waals surface area contributed by atoms with E-state index < -0.39 is 0 Å². The first-order chi connectivity index (χ1) is 9.65. The first-order valence-electron chi connectivity index (χ1n) is 6.88. The molecule has 0 bridgehead atoms. The molecule has 3 N–H and O–H groups in total. The Hall–Kier alpha value is -1.59. The van der Waals surface area contributed by atoms with Crippen LogP contribution >= 0.6 is 0 Å². The van der Waals surface area contributed by atoms with E-state index in [9.17, 15) is 4.79 Å². The number of amides is 1. The van der Waals surface area contributed by atoms with Crippen LogP contribution in [0.1, 0.15) is 18.9 Å². The van der Waals surface area contributed by atoms with Crippen LogP contribution in [-0.4, -0.2) is 38.8 Å². The van der Waals surface area contributed by atoms with Gasteiger partial charge in [-0.1, -0.05) is 19.1 Å². The fraction of sp³-hybridized carbons (Fsp3) is 0.533. The van der Waals surface area contributed by atoms with E-state index in [-0.39, 0.29) is 18.6 Å². The Morgan fingerprint density at radius 1 is 1.35 bits per heavy atom. The van der Waals surface area contributed by atoms with Gasteiger partial charge in [-0.15, -0.1) is 0 Å². The third kappa shape index (κ3) is 6.54. The van der Waals surface area contributed by atoms with Gasteiger partial charge >= 0.3 is 0 Å². The van der Waals surface area contributed by atoms with Crippen LogP contribution in [0.2, 0.25) is 0 Å². The highest BCUT2D eigenvalue weighted by molar-refractivity contribution is 5.77. The van der Waals surface area contributed by atoms with Gasteiger partial charge in [0.2, 0.25) is 0 Å². The van der Waals surface area contributed by atoms with Gasteiger partial charge in [-0.2, -0.15) is 0 Å². The first kappa shape index (κ1) is 16.5. The lowest BCUT2D eigenvalue weighted by Gasteiger charge is -2.10. The van der Waals surface area contributed by atoms with E-state index >= 15 is 0 Å². The Balaban J connectivity index is 2.32. The lowest BCUT2D eigenvalue weighted by molar-refractivity contribution is -0.123. The van der Waals surface area contributed by atoms with Gasteiger partial charge in [0.05, 0.1) is 6.61 Å². The molecule has 1 aromatic rings. The Morgan fingerprint density at radius 3 is 2.65 bits per heavy atom. The number of nitrogens with one attached hydrogen (secondary N) is 1. The zero-order chi connectivity index (χ0) is 14.8. The molecule has 1 atom stereocenters. The third-order valence-corrected chi connectivity index (χ3v) is 2.94. The molecular formula is C15H24N2O3. The quantitative estimate of drug-likeness (QED) is 0.665. The van der Waals surface area contributed by atoms with Crippen molar-refractivity contribution < 1.29 is 14.3 Å². The smallest absolute Gasteiger partial charge is 0.258 e. The van der Waals surface area contributed by atoms with Gasteiger partial charge in [-0.05, 0) is 30.5 Å². The van der Waals surface area contributed by atoms with Gasteiger partial charge in [0, 0.05) is 19.7 Å². The van der Waals surface area contributed by atoms with Crippen LogP contribution in [0.15, 0.2) is 24.3 Å². The van der Waals surface area contributed by atoms with Gasteiger partial charge < -0.3 is 20.5 Å². The largest absolute Gasteiger partial charge is 0.484 e. The lowest BCUT2D eigenvalue weighted by Crippen LogP contribution is -2.31. The maximum Gasteiger partial charge on any atom is 0.258 e. The number of carbonyl (C=O) groups is 1. The fourth-order valence-electron chi connectivity index (χ4n) is 1.66. The minimum Gasteiger partial charge on any atom is -0.484 e. The SMILES string of the molecule is CCC(N)Cc1ccc(OCC(=O)NCCOC)cc1. The molecule has 0 aliphatic carbocycles. The molecule has 20 heavy (non-hydrogen) atoms. The summed E-state index contributed by atoms with van der Waals surface area (Å²) in [6, 6.07) is 7.87. The Labute approximate surface area is 120 Å². The average Bonchev–Trinajstić information content (AvgIpc) is 2.46. The van der Waals surface area contributed by atoms with Gasteiger partial charge in [0.1, 0.15) is 5.75 Å². The second-order valence-corrected chi connectivity index (χ2v) is 4.65. The third-order valence-electron chi connectivity index (χ3n) is 2.94. The molecule has 0 spiro atoms.